The van der Waals surface area contributed by atoms with E-state index in [1.54, 1.807) is 0 Å². The highest BCUT2D eigenvalue weighted by atomic mass is 32.2. The van der Waals surface area contributed by atoms with Crippen LogP contribution >= 0.6 is 0 Å². The fourth-order valence-electron chi connectivity index (χ4n) is 1.03. The summed E-state index contributed by atoms with van der Waals surface area (Å²) in [5, 5.41) is 0. The molecule has 84 valence electrons. The number of halogens is 4. The van der Waals surface area contributed by atoms with Crippen molar-refractivity contribution in [1.82, 2.24) is 0 Å². The number of rotatable bonds is 1. The Morgan fingerprint density at radius 2 is 1.33 bits per heavy atom. The van der Waals surface area contributed by atoms with E-state index in [1.165, 1.54) is 0 Å². The van der Waals surface area contributed by atoms with Gasteiger partial charge in [0, 0.05) is 5.56 Å². The van der Waals surface area contributed by atoms with Crippen LogP contribution in [0.4, 0.5) is 17.6 Å². The maximum absolute atomic E-state index is 12.9. The first-order chi connectivity index (χ1) is 6.68. The minimum atomic E-state index is -5.15. The van der Waals surface area contributed by atoms with Gasteiger partial charge < -0.3 is 0 Å². The molecule has 0 aliphatic heterocycles. The van der Waals surface area contributed by atoms with E-state index in [0.717, 1.165) is 0 Å². The van der Waals surface area contributed by atoms with E-state index < -0.39 is 43.8 Å². The molecule has 3 nitrogen and oxygen atoms in total. The second-order valence-electron chi connectivity index (χ2n) is 2.69. The Morgan fingerprint density at radius 1 is 0.933 bits per heavy atom. The lowest BCUT2D eigenvalue weighted by Gasteiger charge is -2.07. The van der Waals surface area contributed by atoms with Crippen LogP contribution in [-0.4, -0.2) is 13.0 Å². The van der Waals surface area contributed by atoms with Crippen LogP contribution in [0.15, 0.2) is 4.90 Å². The fourth-order valence-corrected chi connectivity index (χ4v) is 1.82. The lowest BCUT2D eigenvalue weighted by atomic mass is 10.2. The molecular formula is C7H4F4O3S. The van der Waals surface area contributed by atoms with Crippen molar-refractivity contribution < 1.29 is 30.5 Å². The third-order valence-corrected chi connectivity index (χ3v) is 2.71. The SMILES string of the molecule is Cc1c(F)c(F)c(F)c(F)c1S(=O)(=O)O. The van der Waals surface area contributed by atoms with E-state index in [1.807, 2.05) is 0 Å². The normalized spacial score (nSPS) is 11.9. The van der Waals surface area contributed by atoms with Crippen molar-refractivity contribution >= 4 is 10.1 Å². The predicted molar refractivity (Wildman–Crippen MR) is 40.8 cm³/mol. The topological polar surface area (TPSA) is 54.4 Å². The molecule has 0 unspecified atom stereocenters. The molecule has 15 heavy (non-hydrogen) atoms. The van der Waals surface area contributed by atoms with Crippen LogP contribution in [0.2, 0.25) is 0 Å². The van der Waals surface area contributed by atoms with Crippen molar-refractivity contribution in [2.45, 2.75) is 11.8 Å². The summed E-state index contributed by atoms with van der Waals surface area (Å²) in [5.74, 6) is -8.42. The predicted octanol–water partition coefficient (Wildman–Crippen LogP) is 1.80. The Kier molecular flexibility index (Phi) is 2.75. The number of hydrogen-bond acceptors (Lipinski definition) is 2. The van der Waals surface area contributed by atoms with E-state index in [9.17, 15) is 26.0 Å². The maximum atomic E-state index is 12.9. The minimum absolute atomic E-state index is 0.698. The summed E-state index contributed by atoms with van der Waals surface area (Å²) >= 11 is 0. The van der Waals surface area contributed by atoms with Gasteiger partial charge in [0.2, 0.25) is 0 Å². The Bertz CT molecular complexity index is 495. The smallest absolute Gasteiger partial charge is 0.282 e. The zero-order valence-corrected chi connectivity index (χ0v) is 8.00. The van der Waals surface area contributed by atoms with Crippen molar-refractivity contribution in [3.63, 3.8) is 0 Å². The summed E-state index contributed by atoms with van der Waals surface area (Å²) in [4.78, 5) is -1.60. The molecule has 1 rings (SSSR count). The molecule has 0 heterocycles. The third kappa shape index (κ3) is 1.82. The number of hydrogen-bond donors (Lipinski definition) is 1. The van der Waals surface area contributed by atoms with Gasteiger partial charge in [-0.1, -0.05) is 0 Å². The van der Waals surface area contributed by atoms with Crippen molar-refractivity contribution in [3.05, 3.63) is 28.8 Å². The van der Waals surface area contributed by atoms with E-state index in [4.69, 9.17) is 4.55 Å². The second kappa shape index (κ2) is 3.46. The van der Waals surface area contributed by atoms with Crippen molar-refractivity contribution in [2.75, 3.05) is 0 Å². The summed E-state index contributed by atoms with van der Waals surface area (Å²) in [6.45, 7) is 0.698. The Hall–Kier alpha value is -1.15. The molecule has 1 N–H and O–H groups in total. The fraction of sp³-hybridized carbons (Fsp3) is 0.143. The van der Waals surface area contributed by atoms with E-state index >= 15 is 0 Å². The average Bonchev–Trinajstić information content (AvgIpc) is 2.09. The van der Waals surface area contributed by atoms with Crippen LogP contribution in [0.1, 0.15) is 5.56 Å². The molecular weight excluding hydrogens is 240 g/mol. The van der Waals surface area contributed by atoms with Gasteiger partial charge in [0.05, 0.1) is 0 Å². The van der Waals surface area contributed by atoms with Crippen LogP contribution in [0.25, 0.3) is 0 Å². The van der Waals surface area contributed by atoms with Gasteiger partial charge in [-0.2, -0.15) is 8.42 Å². The largest absolute Gasteiger partial charge is 0.297 e. The minimum Gasteiger partial charge on any atom is -0.282 e. The highest BCUT2D eigenvalue weighted by Crippen LogP contribution is 2.26. The molecule has 0 saturated carbocycles. The maximum Gasteiger partial charge on any atom is 0.297 e. The summed E-state index contributed by atoms with van der Waals surface area (Å²) in [5.41, 5.74) is -1.02. The van der Waals surface area contributed by atoms with Gasteiger partial charge >= 0.3 is 0 Å². The summed E-state index contributed by atoms with van der Waals surface area (Å²) in [6.07, 6.45) is 0. The van der Waals surface area contributed by atoms with Crippen LogP contribution < -0.4 is 0 Å². The van der Waals surface area contributed by atoms with E-state index in [-0.39, 0.29) is 0 Å². The van der Waals surface area contributed by atoms with Gasteiger partial charge in [-0.25, -0.2) is 17.6 Å². The molecule has 0 atom stereocenters. The van der Waals surface area contributed by atoms with Gasteiger partial charge in [-0.05, 0) is 6.92 Å². The van der Waals surface area contributed by atoms with Gasteiger partial charge in [0.15, 0.2) is 23.3 Å². The first-order valence-electron chi connectivity index (χ1n) is 3.48. The van der Waals surface area contributed by atoms with Gasteiger partial charge in [0.25, 0.3) is 10.1 Å². The average molecular weight is 244 g/mol. The van der Waals surface area contributed by atoms with Gasteiger partial charge in [-0.15, -0.1) is 0 Å². The van der Waals surface area contributed by atoms with Crippen LogP contribution in [0.3, 0.4) is 0 Å². The Labute approximate surface area is 82.1 Å². The van der Waals surface area contributed by atoms with Crippen LogP contribution in [-0.2, 0) is 10.1 Å². The highest BCUT2D eigenvalue weighted by Gasteiger charge is 2.29. The molecule has 1 aromatic rings. The molecule has 1 aromatic carbocycles. The molecule has 0 fully saturated rings. The highest BCUT2D eigenvalue weighted by molar-refractivity contribution is 7.85. The molecule has 0 amide bonds. The summed E-state index contributed by atoms with van der Waals surface area (Å²) in [6, 6.07) is 0. The monoisotopic (exact) mass is 244 g/mol. The van der Waals surface area contributed by atoms with Crippen molar-refractivity contribution in [1.29, 1.82) is 0 Å². The van der Waals surface area contributed by atoms with Gasteiger partial charge in [0.1, 0.15) is 4.90 Å². The molecule has 0 saturated heterocycles. The Morgan fingerprint density at radius 3 is 1.73 bits per heavy atom. The molecule has 0 spiro atoms. The van der Waals surface area contributed by atoms with E-state index in [0.29, 0.717) is 6.92 Å². The second-order valence-corrected chi connectivity index (χ2v) is 4.04. The zero-order valence-electron chi connectivity index (χ0n) is 7.18. The molecule has 0 bridgehead atoms. The molecule has 0 radical (unpaired) electrons. The van der Waals surface area contributed by atoms with E-state index in [2.05, 4.69) is 0 Å². The standard InChI is InChI=1S/C7H4F4O3S/c1-2-3(8)4(9)5(10)6(11)7(2)15(12,13)14/h1H3,(H,12,13,14). The first-order valence-corrected chi connectivity index (χ1v) is 4.92. The molecule has 8 heteroatoms. The quantitative estimate of drug-likeness (QED) is 0.354. The van der Waals surface area contributed by atoms with Crippen molar-refractivity contribution in [2.24, 2.45) is 0 Å². The summed E-state index contributed by atoms with van der Waals surface area (Å²) in [7, 11) is -5.15. The first kappa shape index (κ1) is 11.9. The summed E-state index contributed by atoms with van der Waals surface area (Å²) < 4.78 is 80.4. The lowest BCUT2D eigenvalue weighted by Crippen LogP contribution is -2.11. The number of benzene rings is 1. The zero-order chi connectivity index (χ0) is 12.0. The van der Waals surface area contributed by atoms with Crippen LogP contribution in [0, 0.1) is 30.2 Å². The molecule has 0 aliphatic carbocycles. The lowest BCUT2D eigenvalue weighted by molar-refractivity contribution is 0.386. The van der Waals surface area contributed by atoms with Crippen LogP contribution in [0.5, 0.6) is 0 Å². The molecule has 0 aromatic heterocycles. The third-order valence-electron chi connectivity index (χ3n) is 1.71. The van der Waals surface area contributed by atoms with Crippen molar-refractivity contribution in [3.8, 4) is 0 Å². The van der Waals surface area contributed by atoms with Gasteiger partial charge in [-0.3, -0.25) is 4.55 Å². The Balaban J connectivity index is 3.84. The molecule has 0 aliphatic rings.